The van der Waals surface area contributed by atoms with Crippen molar-refractivity contribution < 1.29 is 9.57 Å². The Morgan fingerprint density at radius 3 is 2.30 bits per heavy atom. The quantitative estimate of drug-likeness (QED) is 0.649. The van der Waals surface area contributed by atoms with E-state index < -0.39 is 0 Å². The Labute approximate surface area is 119 Å². The summed E-state index contributed by atoms with van der Waals surface area (Å²) in [6, 6.07) is 20.5. The Hall–Kier alpha value is -2.35. The van der Waals surface area contributed by atoms with Gasteiger partial charge in [0.1, 0.15) is 0 Å². The fraction of sp³-hybridized carbons (Fsp3) is 0.167. The number of pyridine rings is 1. The highest BCUT2D eigenvalue weighted by Gasteiger charge is 2.10. The van der Waals surface area contributed by atoms with Crippen molar-refractivity contribution in [2.45, 2.75) is 19.8 Å². The highest BCUT2D eigenvalue weighted by molar-refractivity contribution is 5.74. The van der Waals surface area contributed by atoms with Gasteiger partial charge in [-0.15, -0.1) is 0 Å². The summed E-state index contributed by atoms with van der Waals surface area (Å²) in [6.07, 6.45) is 1.93. The molecular formula is C18H18NO+. The average Bonchev–Trinajstić information content (AvgIpc) is 2.48. The van der Waals surface area contributed by atoms with Gasteiger partial charge in [-0.3, -0.25) is 0 Å². The van der Waals surface area contributed by atoms with Gasteiger partial charge in [0.15, 0.2) is 0 Å². The largest absolute Gasteiger partial charge is 0.265 e. The second kappa shape index (κ2) is 5.33. The van der Waals surface area contributed by atoms with Gasteiger partial charge in [0.2, 0.25) is 11.9 Å². The lowest BCUT2D eigenvalue weighted by Gasteiger charge is -2.05. The molecule has 0 saturated carbocycles. The summed E-state index contributed by atoms with van der Waals surface area (Å²) >= 11 is 0. The molecule has 100 valence electrons. The Bertz CT molecular complexity index is 712. The summed E-state index contributed by atoms with van der Waals surface area (Å²) in [5.41, 5.74) is 2.38. The molecule has 1 heterocycles. The number of para-hydroxylation sites is 1. The summed E-state index contributed by atoms with van der Waals surface area (Å²) in [5, 5.41) is 1.16. The number of rotatable bonds is 3. The van der Waals surface area contributed by atoms with E-state index in [1.165, 1.54) is 5.56 Å². The molecule has 2 aromatic carbocycles. The molecular weight excluding hydrogens is 246 g/mol. The van der Waals surface area contributed by atoms with E-state index >= 15 is 0 Å². The minimum atomic E-state index is 0.536. The van der Waals surface area contributed by atoms with Gasteiger partial charge in [-0.05, 0) is 35.7 Å². The molecule has 0 unspecified atom stereocenters. The molecule has 0 amide bonds. The predicted octanol–water partition coefficient (Wildman–Crippen LogP) is 4.09. The van der Waals surface area contributed by atoms with Gasteiger partial charge in [-0.2, -0.15) is 0 Å². The van der Waals surface area contributed by atoms with Crippen molar-refractivity contribution >= 4 is 10.9 Å². The molecule has 3 aromatic rings. The highest BCUT2D eigenvalue weighted by atomic mass is 16.7. The normalized spacial score (nSPS) is 10.9. The fourth-order valence-corrected chi connectivity index (χ4v) is 2.24. The number of hydrogen-bond donors (Lipinski definition) is 0. The van der Waals surface area contributed by atoms with Crippen LogP contribution in [0.25, 0.3) is 10.9 Å². The van der Waals surface area contributed by atoms with Crippen molar-refractivity contribution in [1.82, 2.24) is 0 Å². The van der Waals surface area contributed by atoms with Gasteiger partial charge in [0.25, 0.3) is 5.52 Å². The zero-order valence-electron chi connectivity index (χ0n) is 11.8. The first-order chi connectivity index (χ1) is 9.74. The standard InChI is InChI=1S/C18H18NO/c1-14(2)15-9-11-17(12-10-15)20-19-13-5-7-16-6-3-4-8-18(16)19/h3-14H,1-2H3/q+1. The molecule has 0 radical (unpaired) electrons. The van der Waals surface area contributed by atoms with Gasteiger partial charge in [0.05, 0.1) is 5.39 Å². The van der Waals surface area contributed by atoms with Crippen LogP contribution in [0, 0.1) is 0 Å². The van der Waals surface area contributed by atoms with E-state index in [0.29, 0.717) is 5.92 Å². The van der Waals surface area contributed by atoms with Crippen LogP contribution < -0.4 is 9.57 Å². The van der Waals surface area contributed by atoms with Crippen molar-refractivity contribution in [1.29, 1.82) is 0 Å². The third-order valence-corrected chi connectivity index (χ3v) is 3.42. The van der Waals surface area contributed by atoms with Gasteiger partial charge in [-0.25, -0.2) is 4.84 Å². The third kappa shape index (κ3) is 2.50. The Kier molecular flexibility index (Phi) is 3.38. The summed E-state index contributed by atoms with van der Waals surface area (Å²) in [6.45, 7) is 4.38. The van der Waals surface area contributed by atoms with Crippen LogP contribution in [0.3, 0.4) is 0 Å². The Balaban J connectivity index is 1.93. The molecule has 2 heteroatoms. The SMILES string of the molecule is CC(C)c1ccc(O[n+]2cccc3ccccc32)cc1. The van der Waals surface area contributed by atoms with Crippen LogP contribution in [0.5, 0.6) is 5.75 Å². The molecule has 0 saturated heterocycles. The van der Waals surface area contributed by atoms with Crippen molar-refractivity contribution in [2.75, 3.05) is 0 Å². The smallest absolute Gasteiger partial charge is 0.231 e. The summed E-state index contributed by atoms with van der Waals surface area (Å²) in [4.78, 5) is 5.94. The monoisotopic (exact) mass is 264 g/mol. The number of aromatic nitrogens is 1. The lowest BCUT2D eigenvalue weighted by molar-refractivity contribution is -0.854. The Morgan fingerprint density at radius 2 is 1.55 bits per heavy atom. The van der Waals surface area contributed by atoms with E-state index in [0.717, 1.165) is 16.7 Å². The van der Waals surface area contributed by atoms with E-state index in [1.54, 1.807) is 4.73 Å². The van der Waals surface area contributed by atoms with Crippen LogP contribution in [0.1, 0.15) is 25.3 Å². The van der Waals surface area contributed by atoms with Crippen LogP contribution in [-0.4, -0.2) is 0 Å². The molecule has 0 aliphatic rings. The minimum Gasteiger partial charge on any atom is -0.231 e. The predicted molar refractivity (Wildman–Crippen MR) is 80.7 cm³/mol. The number of hydrogen-bond acceptors (Lipinski definition) is 1. The zero-order chi connectivity index (χ0) is 13.9. The fourth-order valence-electron chi connectivity index (χ4n) is 2.24. The second-order valence-electron chi connectivity index (χ2n) is 5.21. The van der Waals surface area contributed by atoms with E-state index in [1.807, 2.05) is 36.5 Å². The average molecular weight is 264 g/mol. The van der Waals surface area contributed by atoms with Crippen molar-refractivity contribution in [3.05, 3.63) is 72.4 Å². The molecule has 3 rings (SSSR count). The summed E-state index contributed by atoms with van der Waals surface area (Å²) < 4.78 is 1.81. The lowest BCUT2D eigenvalue weighted by atomic mass is 10.0. The van der Waals surface area contributed by atoms with Gasteiger partial charge in [0, 0.05) is 16.9 Å². The first-order valence-corrected chi connectivity index (χ1v) is 6.92. The molecule has 0 aliphatic carbocycles. The number of benzene rings is 2. The third-order valence-electron chi connectivity index (χ3n) is 3.42. The summed E-state index contributed by atoms with van der Waals surface area (Å²) in [7, 11) is 0. The molecule has 0 bridgehead atoms. The van der Waals surface area contributed by atoms with Crippen LogP contribution in [0.4, 0.5) is 0 Å². The Morgan fingerprint density at radius 1 is 0.850 bits per heavy atom. The van der Waals surface area contributed by atoms with E-state index in [2.05, 4.69) is 44.2 Å². The molecule has 0 fully saturated rings. The maximum absolute atomic E-state index is 5.94. The molecule has 20 heavy (non-hydrogen) atoms. The van der Waals surface area contributed by atoms with Gasteiger partial charge >= 0.3 is 0 Å². The van der Waals surface area contributed by atoms with Crippen molar-refractivity contribution in [3.63, 3.8) is 0 Å². The van der Waals surface area contributed by atoms with E-state index in [4.69, 9.17) is 4.84 Å². The highest BCUT2D eigenvalue weighted by Crippen LogP contribution is 2.18. The maximum Gasteiger partial charge on any atom is 0.265 e. The molecule has 0 atom stereocenters. The molecule has 0 N–H and O–H groups in total. The lowest BCUT2D eigenvalue weighted by Crippen LogP contribution is -2.39. The van der Waals surface area contributed by atoms with Gasteiger partial charge < -0.3 is 0 Å². The van der Waals surface area contributed by atoms with Crippen LogP contribution in [0.15, 0.2) is 66.9 Å². The first-order valence-electron chi connectivity index (χ1n) is 6.92. The molecule has 0 spiro atoms. The molecule has 0 aliphatic heterocycles. The topological polar surface area (TPSA) is 13.1 Å². The van der Waals surface area contributed by atoms with Gasteiger partial charge in [-0.1, -0.05) is 38.1 Å². The van der Waals surface area contributed by atoms with E-state index in [-0.39, 0.29) is 0 Å². The maximum atomic E-state index is 5.94. The minimum absolute atomic E-state index is 0.536. The number of nitrogens with zero attached hydrogens (tertiary/aromatic N) is 1. The summed E-state index contributed by atoms with van der Waals surface area (Å²) in [5.74, 6) is 1.38. The van der Waals surface area contributed by atoms with Crippen molar-refractivity contribution in [3.8, 4) is 5.75 Å². The van der Waals surface area contributed by atoms with Crippen molar-refractivity contribution in [2.24, 2.45) is 0 Å². The molecule has 2 nitrogen and oxygen atoms in total. The first kappa shape index (κ1) is 12.7. The second-order valence-corrected chi connectivity index (χ2v) is 5.21. The van der Waals surface area contributed by atoms with E-state index in [9.17, 15) is 0 Å². The van der Waals surface area contributed by atoms with Crippen LogP contribution >= 0.6 is 0 Å². The number of fused-ring (bicyclic) bond motifs is 1. The molecule has 1 aromatic heterocycles. The van der Waals surface area contributed by atoms with Crippen LogP contribution in [0.2, 0.25) is 0 Å². The van der Waals surface area contributed by atoms with Crippen LogP contribution in [-0.2, 0) is 0 Å². The zero-order valence-corrected chi connectivity index (χ0v) is 11.8.